The first kappa shape index (κ1) is 13.9. The van der Waals surface area contributed by atoms with Crippen LogP contribution in [0, 0.1) is 0 Å². The van der Waals surface area contributed by atoms with E-state index in [4.69, 9.17) is 0 Å². The van der Waals surface area contributed by atoms with Crippen LogP contribution >= 0.6 is 0 Å². The molecule has 1 aliphatic heterocycles. The Morgan fingerprint density at radius 1 is 1.31 bits per heavy atom. The van der Waals surface area contributed by atoms with Crippen LogP contribution in [0.25, 0.3) is 0 Å². The highest BCUT2D eigenvalue weighted by molar-refractivity contribution is 7.89. The summed E-state index contributed by atoms with van der Waals surface area (Å²) in [6, 6.07) is 0.380. The third-order valence-corrected chi connectivity index (χ3v) is 4.31. The zero-order valence-corrected chi connectivity index (χ0v) is 11.4. The lowest BCUT2D eigenvalue weighted by Crippen LogP contribution is -2.43. The predicted molar refractivity (Wildman–Crippen MR) is 66.9 cm³/mol. The van der Waals surface area contributed by atoms with Crippen LogP contribution in [-0.2, 0) is 10.0 Å². The summed E-state index contributed by atoms with van der Waals surface area (Å²) in [6.45, 7) is 6.62. The van der Waals surface area contributed by atoms with Crippen molar-refractivity contribution in [3.05, 3.63) is 0 Å². The van der Waals surface area contributed by atoms with E-state index in [9.17, 15) is 8.42 Å². The minimum absolute atomic E-state index is 0.224. The van der Waals surface area contributed by atoms with Gasteiger partial charge in [0.15, 0.2) is 0 Å². The molecule has 1 atom stereocenters. The Bertz CT molecular complexity index is 300. The fourth-order valence-electron chi connectivity index (χ4n) is 1.99. The molecule has 0 aromatic carbocycles. The van der Waals surface area contributed by atoms with Gasteiger partial charge in [-0.3, -0.25) is 0 Å². The number of rotatable bonds is 4. The quantitative estimate of drug-likeness (QED) is 0.787. The van der Waals surface area contributed by atoms with Gasteiger partial charge in [0.2, 0.25) is 10.0 Å². The van der Waals surface area contributed by atoms with Gasteiger partial charge in [-0.2, -0.15) is 0 Å². The lowest BCUT2D eigenvalue weighted by atomic mass is 10.0. The second kappa shape index (κ2) is 5.47. The fourth-order valence-corrected chi connectivity index (χ4v) is 3.62. The van der Waals surface area contributed by atoms with Crippen LogP contribution in [0.5, 0.6) is 0 Å². The second-order valence-corrected chi connectivity index (χ2v) is 7.45. The maximum atomic E-state index is 11.7. The molecule has 5 heteroatoms. The minimum Gasteiger partial charge on any atom is -0.314 e. The van der Waals surface area contributed by atoms with Gasteiger partial charge in [0.25, 0.3) is 0 Å². The normalized spacial score (nSPS) is 23.3. The zero-order valence-electron chi connectivity index (χ0n) is 10.5. The molecule has 16 heavy (non-hydrogen) atoms. The summed E-state index contributed by atoms with van der Waals surface area (Å²) in [6.07, 6.45) is 4.24. The van der Waals surface area contributed by atoms with E-state index in [-0.39, 0.29) is 11.3 Å². The summed E-state index contributed by atoms with van der Waals surface area (Å²) >= 11 is 0. The minimum atomic E-state index is -3.13. The summed E-state index contributed by atoms with van der Waals surface area (Å²) in [4.78, 5) is 0. The molecule has 0 bridgehead atoms. The van der Waals surface area contributed by atoms with Crippen LogP contribution in [-0.4, -0.2) is 32.3 Å². The van der Waals surface area contributed by atoms with E-state index in [1.54, 1.807) is 0 Å². The monoisotopic (exact) mass is 248 g/mol. The average Bonchev–Trinajstić information content (AvgIpc) is 2.13. The average molecular weight is 248 g/mol. The van der Waals surface area contributed by atoms with Gasteiger partial charge in [-0.05, 0) is 46.6 Å². The zero-order chi connectivity index (χ0) is 12.2. The van der Waals surface area contributed by atoms with E-state index in [2.05, 4.69) is 10.0 Å². The van der Waals surface area contributed by atoms with E-state index < -0.39 is 10.0 Å². The molecule has 1 rings (SSSR count). The molecule has 0 amide bonds. The van der Waals surface area contributed by atoms with E-state index in [1.807, 2.05) is 20.8 Å². The summed E-state index contributed by atoms with van der Waals surface area (Å²) in [5.41, 5.74) is -0.376. The molecule has 0 spiro atoms. The van der Waals surface area contributed by atoms with Gasteiger partial charge in [0.1, 0.15) is 0 Å². The van der Waals surface area contributed by atoms with Crippen LogP contribution < -0.4 is 10.0 Å². The summed E-state index contributed by atoms with van der Waals surface area (Å²) in [7, 11) is -3.13. The predicted octanol–water partition coefficient (Wildman–Crippen LogP) is 1.24. The Balaban J connectivity index is 2.35. The molecule has 96 valence electrons. The van der Waals surface area contributed by atoms with Crippen molar-refractivity contribution < 1.29 is 8.42 Å². The molecular weight excluding hydrogens is 224 g/mol. The standard InChI is InChI=1S/C11H24N2O2S/c1-11(2,3)13-16(14,15)9-7-10-6-4-5-8-12-10/h10,12-13H,4-9H2,1-3H3. The smallest absolute Gasteiger partial charge is 0.212 e. The number of hydrogen-bond donors (Lipinski definition) is 2. The van der Waals surface area contributed by atoms with Crippen molar-refractivity contribution in [3.8, 4) is 0 Å². The summed E-state index contributed by atoms with van der Waals surface area (Å²) in [5, 5.41) is 3.36. The van der Waals surface area contributed by atoms with Gasteiger partial charge in [-0.15, -0.1) is 0 Å². The van der Waals surface area contributed by atoms with Crippen molar-refractivity contribution in [1.29, 1.82) is 0 Å². The molecular formula is C11H24N2O2S. The Hall–Kier alpha value is -0.130. The molecule has 0 aromatic heterocycles. The lowest BCUT2D eigenvalue weighted by molar-refractivity contribution is 0.391. The van der Waals surface area contributed by atoms with Gasteiger partial charge < -0.3 is 5.32 Å². The van der Waals surface area contributed by atoms with E-state index >= 15 is 0 Å². The lowest BCUT2D eigenvalue weighted by Gasteiger charge is -2.25. The van der Waals surface area contributed by atoms with Crippen molar-refractivity contribution in [2.24, 2.45) is 0 Å². The van der Waals surface area contributed by atoms with Crippen LogP contribution in [0.1, 0.15) is 46.5 Å². The van der Waals surface area contributed by atoms with Gasteiger partial charge in [0, 0.05) is 11.6 Å². The first-order valence-corrected chi connectivity index (χ1v) is 7.69. The molecule has 0 aromatic rings. The second-order valence-electron chi connectivity index (χ2n) is 5.61. The van der Waals surface area contributed by atoms with Gasteiger partial charge in [-0.1, -0.05) is 6.42 Å². The molecule has 4 nitrogen and oxygen atoms in total. The molecule has 1 aliphatic rings. The van der Waals surface area contributed by atoms with Crippen molar-refractivity contribution >= 4 is 10.0 Å². The van der Waals surface area contributed by atoms with Crippen LogP contribution in [0.3, 0.4) is 0 Å². The number of piperidine rings is 1. The van der Waals surface area contributed by atoms with Crippen molar-refractivity contribution in [2.45, 2.75) is 58.0 Å². The van der Waals surface area contributed by atoms with Gasteiger partial charge in [-0.25, -0.2) is 13.1 Å². The topological polar surface area (TPSA) is 58.2 Å². The largest absolute Gasteiger partial charge is 0.314 e. The Morgan fingerprint density at radius 3 is 2.50 bits per heavy atom. The van der Waals surface area contributed by atoms with Crippen LogP contribution in [0.2, 0.25) is 0 Å². The molecule has 1 saturated heterocycles. The maximum absolute atomic E-state index is 11.7. The third-order valence-electron chi connectivity index (χ3n) is 2.61. The molecule has 1 unspecified atom stereocenters. The molecule has 0 aliphatic carbocycles. The van der Waals surface area contributed by atoms with Crippen LogP contribution in [0.15, 0.2) is 0 Å². The van der Waals surface area contributed by atoms with E-state index in [1.165, 1.54) is 12.8 Å². The number of sulfonamides is 1. The van der Waals surface area contributed by atoms with E-state index in [0.29, 0.717) is 12.5 Å². The van der Waals surface area contributed by atoms with Gasteiger partial charge >= 0.3 is 0 Å². The van der Waals surface area contributed by atoms with Crippen molar-refractivity contribution in [3.63, 3.8) is 0 Å². The number of hydrogen-bond acceptors (Lipinski definition) is 3. The molecule has 1 heterocycles. The third kappa shape index (κ3) is 5.82. The molecule has 0 saturated carbocycles. The van der Waals surface area contributed by atoms with Crippen molar-refractivity contribution in [2.75, 3.05) is 12.3 Å². The molecule has 0 radical (unpaired) electrons. The highest BCUT2D eigenvalue weighted by Crippen LogP contribution is 2.11. The fraction of sp³-hybridized carbons (Fsp3) is 1.00. The Kier molecular flexibility index (Phi) is 4.76. The van der Waals surface area contributed by atoms with Gasteiger partial charge in [0.05, 0.1) is 5.75 Å². The first-order valence-electron chi connectivity index (χ1n) is 6.03. The molecule has 1 fully saturated rings. The Labute approximate surface area is 99.2 Å². The summed E-state index contributed by atoms with van der Waals surface area (Å²) < 4.78 is 26.2. The summed E-state index contributed by atoms with van der Waals surface area (Å²) in [5.74, 6) is 0.224. The maximum Gasteiger partial charge on any atom is 0.212 e. The first-order chi connectivity index (χ1) is 7.29. The highest BCUT2D eigenvalue weighted by Gasteiger charge is 2.21. The van der Waals surface area contributed by atoms with Crippen LogP contribution in [0.4, 0.5) is 0 Å². The van der Waals surface area contributed by atoms with E-state index in [0.717, 1.165) is 13.0 Å². The molecule has 2 N–H and O–H groups in total. The number of nitrogens with one attached hydrogen (secondary N) is 2. The van der Waals surface area contributed by atoms with Crippen molar-refractivity contribution in [1.82, 2.24) is 10.0 Å². The SMILES string of the molecule is CC(C)(C)NS(=O)(=O)CCC1CCCCN1. The Morgan fingerprint density at radius 2 is 2.00 bits per heavy atom. The highest BCUT2D eigenvalue weighted by atomic mass is 32.2.